The third kappa shape index (κ3) is 3.98. The van der Waals surface area contributed by atoms with Crippen molar-refractivity contribution in [1.82, 2.24) is 9.47 Å². The van der Waals surface area contributed by atoms with E-state index >= 15 is 0 Å². The van der Waals surface area contributed by atoms with Crippen LogP contribution in [0.1, 0.15) is 42.0 Å². The third-order valence-electron chi connectivity index (χ3n) is 5.90. The molecule has 0 bridgehead atoms. The molecule has 6 nitrogen and oxygen atoms in total. The van der Waals surface area contributed by atoms with Crippen molar-refractivity contribution >= 4 is 46.1 Å². The van der Waals surface area contributed by atoms with E-state index < -0.39 is 0 Å². The van der Waals surface area contributed by atoms with Crippen molar-refractivity contribution < 1.29 is 4.79 Å². The summed E-state index contributed by atoms with van der Waals surface area (Å²) in [6, 6.07) is 11.8. The summed E-state index contributed by atoms with van der Waals surface area (Å²) in [6.07, 6.45) is 3.92. The Hall–Kier alpha value is -2.89. The van der Waals surface area contributed by atoms with Crippen LogP contribution in [0, 0.1) is 18.3 Å². The summed E-state index contributed by atoms with van der Waals surface area (Å²) >= 11 is 6.78. The van der Waals surface area contributed by atoms with Crippen LogP contribution in [0.15, 0.2) is 40.0 Å². The van der Waals surface area contributed by atoms with Crippen LogP contribution in [0.2, 0.25) is 0 Å². The molecule has 2 saturated heterocycles. The van der Waals surface area contributed by atoms with Crippen LogP contribution in [-0.4, -0.2) is 32.8 Å². The number of hydrogen-bond acceptors (Lipinski definition) is 6. The highest BCUT2D eigenvalue weighted by atomic mass is 32.2. The molecule has 164 valence electrons. The van der Waals surface area contributed by atoms with Crippen molar-refractivity contribution in [3.05, 3.63) is 67.8 Å². The number of aromatic nitrogens is 1. The molecule has 8 heteroatoms. The van der Waals surface area contributed by atoms with Crippen LogP contribution in [0.25, 0.3) is 6.08 Å². The Morgan fingerprint density at radius 1 is 1.19 bits per heavy atom. The normalized spacial score (nSPS) is 17.5. The summed E-state index contributed by atoms with van der Waals surface area (Å²) in [7, 11) is 0. The molecular formula is C24H24N4O2S2. The van der Waals surface area contributed by atoms with Crippen molar-refractivity contribution in [2.24, 2.45) is 0 Å². The fourth-order valence-electron chi connectivity index (χ4n) is 4.24. The number of thiocarbonyl (C=S) groups is 1. The molecule has 1 amide bonds. The van der Waals surface area contributed by atoms with Gasteiger partial charge in [-0.1, -0.05) is 54.3 Å². The molecule has 0 spiro atoms. The zero-order valence-corrected chi connectivity index (χ0v) is 19.8. The maximum atomic E-state index is 13.2. The van der Waals surface area contributed by atoms with Crippen LogP contribution in [0.5, 0.6) is 0 Å². The molecule has 0 N–H and O–H groups in total. The highest BCUT2D eigenvalue weighted by molar-refractivity contribution is 8.26. The lowest BCUT2D eigenvalue weighted by Gasteiger charge is -2.26. The van der Waals surface area contributed by atoms with Gasteiger partial charge in [-0.2, -0.15) is 5.26 Å². The van der Waals surface area contributed by atoms with Crippen molar-refractivity contribution in [2.75, 3.05) is 18.0 Å². The molecule has 32 heavy (non-hydrogen) atoms. The molecule has 4 rings (SSSR count). The number of thioether (sulfide) groups is 1. The van der Waals surface area contributed by atoms with Gasteiger partial charge in [-0.15, -0.1) is 0 Å². The first-order valence-electron chi connectivity index (χ1n) is 10.7. The number of carbonyl (C=O) groups is 1. The van der Waals surface area contributed by atoms with Gasteiger partial charge in [0.1, 0.15) is 21.8 Å². The Balaban J connectivity index is 1.81. The number of rotatable bonds is 5. The van der Waals surface area contributed by atoms with Gasteiger partial charge in [-0.25, -0.2) is 0 Å². The Morgan fingerprint density at radius 3 is 2.50 bits per heavy atom. The standard InChI is InChI=1S/C24H24N4O2S2/c1-3-27-21(26-11-7-8-12-26)18(16(2)19(14-25)22(27)29)13-20-23(30)28(24(31)32-20)15-17-9-5-4-6-10-17/h4-6,9-10,13H,3,7-8,11-12,15H2,1-2H3/b20-13+. The number of pyridine rings is 1. The monoisotopic (exact) mass is 464 g/mol. The second-order valence-corrected chi connectivity index (χ2v) is 9.52. The fourth-order valence-corrected chi connectivity index (χ4v) is 5.48. The average Bonchev–Trinajstić information content (AvgIpc) is 3.41. The highest BCUT2D eigenvalue weighted by Crippen LogP contribution is 2.37. The summed E-state index contributed by atoms with van der Waals surface area (Å²) in [5.74, 6) is 0.642. The average molecular weight is 465 g/mol. The molecule has 2 aromatic rings. The predicted octanol–water partition coefficient (Wildman–Crippen LogP) is 4.05. The van der Waals surface area contributed by atoms with Gasteiger partial charge >= 0.3 is 0 Å². The van der Waals surface area contributed by atoms with Gasteiger partial charge < -0.3 is 4.90 Å². The summed E-state index contributed by atoms with van der Waals surface area (Å²) in [5, 5.41) is 9.66. The number of amides is 1. The number of hydrogen-bond donors (Lipinski definition) is 0. The molecule has 3 heterocycles. The van der Waals surface area contributed by atoms with E-state index in [1.54, 1.807) is 16.4 Å². The SMILES string of the molecule is CCn1c(N2CCCC2)c(/C=C2/SC(=S)N(Cc3ccccc3)C2=O)c(C)c(C#N)c1=O. The summed E-state index contributed by atoms with van der Waals surface area (Å²) in [5.41, 5.74) is 2.22. The van der Waals surface area contributed by atoms with E-state index in [0.29, 0.717) is 27.9 Å². The first-order valence-corrected chi connectivity index (χ1v) is 11.9. The van der Waals surface area contributed by atoms with Crippen molar-refractivity contribution in [3.8, 4) is 6.07 Å². The van der Waals surface area contributed by atoms with Gasteiger partial charge in [0.15, 0.2) is 0 Å². The van der Waals surface area contributed by atoms with Crippen molar-refractivity contribution in [3.63, 3.8) is 0 Å². The second kappa shape index (κ2) is 9.31. The predicted molar refractivity (Wildman–Crippen MR) is 132 cm³/mol. The van der Waals surface area contributed by atoms with E-state index in [1.807, 2.05) is 43.3 Å². The lowest BCUT2D eigenvalue weighted by Crippen LogP contribution is -2.32. The molecule has 2 aliphatic rings. The van der Waals surface area contributed by atoms with E-state index in [0.717, 1.165) is 42.9 Å². The molecule has 0 aliphatic carbocycles. The summed E-state index contributed by atoms with van der Waals surface area (Å²) < 4.78 is 2.17. The highest BCUT2D eigenvalue weighted by Gasteiger charge is 2.33. The fraction of sp³-hybridized carbons (Fsp3) is 0.333. The number of anilines is 1. The number of carbonyl (C=O) groups excluding carboxylic acids is 1. The van der Waals surface area contributed by atoms with Gasteiger partial charge in [0.25, 0.3) is 11.5 Å². The van der Waals surface area contributed by atoms with Gasteiger partial charge in [-0.3, -0.25) is 19.1 Å². The van der Waals surface area contributed by atoms with Crippen LogP contribution in [0.4, 0.5) is 5.82 Å². The maximum Gasteiger partial charge on any atom is 0.270 e. The van der Waals surface area contributed by atoms with E-state index in [-0.39, 0.29) is 17.0 Å². The quantitative estimate of drug-likeness (QED) is 0.491. The van der Waals surface area contributed by atoms with Crippen molar-refractivity contribution in [1.29, 1.82) is 5.26 Å². The topological polar surface area (TPSA) is 69.3 Å². The molecular weight excluding hydrogens is 440 g/mol. The van der Waals surface area contributed by atoms with Crippen molar-refractivity contribution in [2.45, 2.75) is 39.8 Å². The third-order valence-corrected chi connectivity index (χ3v) is 7.28. The van der Waals surface area contributed by atoms with Crippen LogP contribution in [-0.2, 0) is 17.9 Å². The minimum absolute atomic E-state index is 0.126. The molecule has 0 atom stereocenters. The van der Waals surface area contributed by atoms with Crippen LogP contribution < -0.4 is 10.5 Å². The molecule has 0 unspecified atom stereocenters. The summed E-state index contributed by atoms with van der Waals surface area (Å²) in [4.78, 5) is 30.5. The van der Waals surface area contributed by atoms with E-state index in [1.165, 1.54) is 11.8 Å². The lowest BCUT2D eigenvalue weighted by atomic mass is 10.0. The smallest absolute Gasteiger partial charge is 0.270 e. The number of benzene rings is 1. The Kier molecular flexibility index (Phi) is 6.49. The van der Waals surface area contributed by atoms with E-state index in [9.17, 15) is 14.9 Å². The lowest BCUT2D eigenvalue weighted by molar-refractivity contribution is -0.122. The Morgan fingerprint density at radius 2 is 1.88 bits per heavy atom. The maximum absolute atomic E-state index is 13.2. The molecule has 1 aromatic heterocycles. The Labute approximate surface area is 197 Å². The first kappa shape index (κ1) is 22.3. The first-order chi connectivity index (χ1) is 15.5. The zero-order valence-electron chi connectivity index (χ0n) is 18.1. The molecule has 0 radical (unpaired) electrons. The molecule has 2 fully saturated rings. The largest absolute Gasteiger partial charge is 0.357 e. The van der Waals surface area contributed by atoms with E-state index in [4.69, 9.17) is 12.2 Å². The minimum Gasteiger partial charge on any atom is -0.357 e. The van der Waals surface area contributed by atoms with Crippen LogP contribution >= 0.6 is 24.0 Å². The molecule has 2 aliphatic heterocycles. The Bertz CT molecular complexity index is 1210. The zero-order chi connectivity index (χ0) is 22.8. The van der Waals surface area contributed by atoms with Gasteiger partial charge in [0.2, 0.25) is 0 Å². The summed E-state index contributed by atoms with van der Waals surface area (Å²) in [6.45, 7) is 6.26. The second-order valence-electron chi connectivity index (χ2n) is 7.85. The van der Waals surface area contributed by atoms with E-state index in [2.05, 4.69) is 11.0 Å². The number of nitriles is 1. The van der Waals surface area contributed by atoms with Gasteiger partial charge in [0, 0.05) is 25.2 Å². The van der Waals surface area contributed by atoms with Gasteiger partial charge in [0.05, 0.1) is 11.4 Å². The van der Waals surface area contributed by atoms with Gasteiger partial charge in [-0.05, 0) is 43.9 Å². The molecule has 1 aromatic carbocycles. The van der Waals surface area contributed by atoms with Crippen LogP contribution in [0.3, 0.4) is 0 Å². The number of nitrogens with zero attached hydrogens (tertiary/aromatic N) is 4. The minimum atomic E-state index is -0.275. The molecule has 0 saturated carbocycles.